The van der Waals surface area contributed by atoms with Gasteiger partial charge in [-0.3, -0.25) is 4.79 Å². The van der Waals surface area contributed by atoms with Gasteiger partial charge < -0.3 is 14.4 Å². The number of benzene rings is 2. The quantitative estimate of drug-likeness (QED) is 0.709. The van der Waals surface area contributed by atoms with Crippen LogP contribution in [0.4, 0.5) is 5.69 Å². The number of carbonyl (C=O) groups is 1. The van der Waals surface area contributed by atoms with Gasteiger partial charge in [0.15, 0.2) is 11.5 Å². The molecule has 5 heteroatoms. The van der Waals surface area contributed by atoms with E-state index in [0.717, 1.165) is 27.0 Å². The first-order valence-electron chi connectivity index (χ1n) is 8.49. The molecule has 1 amide bonds. The zero-order valence-corrected chi connectivity index (χ0v) is 16.3. The zero-order chi connectivity index (χ0) is 18.0. The lowest BCUT2D eigenvalue weighted by atomic mass is 9.93. The first-order valence-corrected chi connectivity index (χ1v) is 9.28. The van der Waals surface area contributed by atoms with Crippen LogP contribution in [0.15, 0.2) is 40.9 Å². The molecule has 0 aromatic heterocycles. The van der Waals surface area contributed by atoms with Gasteiger partial charge in [0.1, 0.15) is 0 Å². The smallest absolute Gasteiger partial charge is 0.234 e. The van der Waals surface area contributed by atoms with Crippen molar-refractivity contribution in [1.29, 1.82) is 0 Å². The van der Waals surface area contributed by atoms with Crippen LogP contribution in [0.3, 0.4) is 0 Å². The summed E-state index contributed by atoms with van der Waals surface area (Å²) in [5.41, 5.74) is 3.15. The van der Waals surface area contributed by atoms with Crippen LogP contribution in [0.5, 0.6) is 11.5 Å². The Labute approximate surface area is 156 Å². The molecule has 25 heavy (non-hydrogen) atoms. The van der Waals surface area contributed by atoms with Gasteiger partial charge in [0, 0.05) is 16.7 Å². The Morgan fingerprint density at radius 1 is 1.12 bits per heavy atom. The number of anilines is 1. The highest BCUT2D eigenvalue weighted by Gasteiger charge is 2.36. The Morgan fingerprint density at radius 3 is 2.60 bits per heavy atom. The first-order chi connectivity index (χ1) is 12.1. The Balaban J connectivity index is 1.93. The SMILES string of the molecule is CCOc1ccc(C[C@H]2C(=O)N(CC)c3ccc(Br)cc32)cc1OC. The summed E-state index contributed by atoms with van der Waals surface area (Å²) in [6.45, 7) is 5.21. The minimum Gasteiger partial charge on any atom is -0.493 e. The monoisotopic (exact) mass is 403 g/mol. The molecule has 0 N–H and O–H groups in total. The predicted octanol–water partition coefficient (Wildman–Crippen LogP) is 4.55. The first kappa shape index (κ1) is 17.8. The Hall–Kier alpha value is -2.01. The van der Waals surface area contributed by atoms with Crippen molar-refractivity contribution in [3.8, 4) is 11.5 Å². The standard InChI is InChI=1S/C20H22BrNO3/c1-4-22-17-8-7-14(21)12-15(17)16(20(22)23)10-13-6-9-18(25-5-2)19(11-13)24-3/h6-9,11-12,16H,4-5,10H2,1-3H3/t16-/m1/s1. The number of halogens is 1. The van der Waals surface area contributed by atoms with E-state index in [9.17, 15) is 4.79 Å². The molecule has 0 bridgehead atoms. The molecule has 2 aromatic carbocycles. The van der Waals surface area contributed by atoms with Crippen LogP contribution >= 0.6 is 15.9 Å². The molecule has 1 aliphatic rings. The molecular formula is C20H22BrNO3. The molecular weight excluding hydrogens is 382 g/mol. The van der Waals surface area contributed by atoms with Crippen molar-refractivity contribution in [2.75, 3.05) is 25.2 Å². The maximum atomic E-state index is 12.9. The summed E-state index contributed by atoms with van der Waals surface area (Å²) in [6.07, 6.45) is 0.640. The van der Waals surface area contributed by atoms with Crippen molar-refractivity contribution >= 4 is 27.5 Å². The number of methoxy groups -OCH3 is 1. The predicted molar refractivity (Wildman–Crippen MR) is 103 cm³/mol. The summed E-state index contributed by atoms with van der Waals surface area (Å²) < 4.78 is 12.0. The lowest BCUT2D eigenvalue weighted by Gasteiger charge is -2.16. The Bertz CT molecular complexity index is 791. The van der Waals surface area contributed by atoms with Crippen LogP contribution in [-0.2, 0) is 11.2 Å². The van der Waals surface area contributed by atoms with Crippen molar-refractivity contribution in [3.63, 3.8) is 0 Å². The molecule has 0 spiro atoms. The number of ether oxygens (including phenoxy) is 2. The van der Waals surface area contributed by atoms with E-state index in [1.165, 1.54) is 0 Å². The van der Waals surface area contributed by atoms with Crippen LogP contribution in [0.1, 0.15) is 30.9 Å². The van der Waals surface area contributed by atoms with Crippen LogP contribution in [-0.4, -0.2) is 26.2 Å². The van der Waals surface area contributed by atoms with Crippen molar-refractivity contribution < 1.29 is 14.3 Å². The van der Waals surface area contributed by atoms with Crippen LogP contribution < -0.4 is 14.4 Å². The van der Waals surface area contributed by atoms with E-state index in [2.05, 4.69) is 22.0 Å². The summed E-state index contributed by atoms with van der Waals surface area (Å²) in [7, 11) is 1.63. The number of hydrogen-bond donors (Lipinski definition) is 0. The fourth-order valence-electron chi connectivity index (χ4n) is 3.36. The van der Waals surface area contributed by atoms with Crippen LogP contribution in [0, 0.1) is 0 Å². The third-order valence-electron chi connectivity index (χ3n) is 4.50. The zero-order valence-electron chi connectivity index (χ0n) is 14.7. The number of likely N-dealkylation sites (N-methyl/N-ethyl adjacent to an activating group) is 1. The van der Waals surface area contributed by atoms with E-state index in [0.29, 0.717) is 25.3 Å². The maximum Gasteiger partial charge on any atom is 0.234 e. The highest BCUT2D eigenvalue weighted by Crippen LogP contribution is 2.41. The Kier molecular flexibility index (Phi) is 5.33. The van der Waals surface area contributed by atoms with Gasteiger partial charge in [-0.25, -0.2) is 0 Å². The number of rotatable bonds is 6. The number of hydrogen-bond acceptors (Lipinski definition) is 3. The highest BCUT2D eigenvalue weighted by atomic mass is 79.9. The van der Waals surface area contributed by atoms with Gasteiger partial charge in [-0.1, -0.05) is 22.0 Å². The second-order valence-corrected chi connectivity index (χ2v) is 6.88. The molecule has 0 aliphatic carbocycles. The van der Waals surface area contributed by atoms with Gasteiger partial charge in [-0.15, -0.1) is 0 Å². The number of fused-ring (bicyclic) bond motifs is 1. The lowest BCUT2D eigenvalue weighted by molar-refractivity contribution is -0.119. The molecule has 0 radical (unpaired) electrons. The summed E-state index contributed by atoms with van der Waals surface area (Å²) >= 11 is 3.52. The molecule has 132 valence electrons. The van der Waals surface area contributed by atoms with E-state index in [1.54, 1.807) is 7.11 Å². The molecule has 0 saturated carbocycles. The van der Waals surface area contributed by atoms with Crippen LogP contribution in [0.25, 0.3) is 0 Å². The minimum atomic E-state index is -0.171. The van der Waals surface area contributed by atoms with Crippen molar-refractivity contribution in [3.05, 3.63) is 52.0 Å². The van der Waals surface area contributed by atoms with Gasteiger partial charge in [0.05, 0.1) is 19.6 Å². The summed E-state index contributed by atoms with van der Waals surface area (Å²) in [4.78, 5) is 14.7. The molecule has 2 aromatic rings. The van der Waals surface area contributed by atoms with Crippen molar-refractivity contribution in [2.45, 2.75) is 26.2 Å². The van der Waals surface area contributed by atoms with E-state index in [1.807, 2.05) is 49.1 Å². The average Bonchev–Trinajstić information content (AvgIpc) is 2.87. The fraction of sp³-hybridized carbons (Fsp3) is 0.350. The fourth-order valence-corrected chi connectivity index (χ4v) is 3.74. The molecule has 1 aliphatic heterocycles. The normalized spacial score (nSPS) is 16.1. The average molecular weight is 404 g/mol. The van der Waals surface area contributed by atoms with E-state index < -0.39 is 0 Å². The second kappa shape index (κ2) is 7.48. The van der Waals surface area contributed by atoms with E-state index >= 15 is 0 Å². The van der Waals surface area contributed by atoms with Gasteiger partial charge in [-0.2, -0.15) is 0 Å². The number of carbonyl (C=O) groups excluding carboxylic acids is 1. The largest absolute Gasteiger partial charge is 0.493 e. The highest BCUT2D eigenvalue weighted by molar-refractivity contribution is 9.10. The molecule has 0 unspecified atom stereocenters. The molecule has 0 fully saturated rings. The third-order valence-corrected chi connectivity index (χ3v) is 5.00. The van der Waals surface area contributed by atoms with Crippen molar-refractivity contribution in [1.82, 2.24) is 0 Å². The lowest BCUT2D eigenvalue weighted by Crippen LogP contribution is -2.29. The number of nitrogens with zero attached hydrogens (tertiary/aromatic N) is 1. The van der Waals surface area contributed by atoms with E-state index in [4.69, 9.17) is 9.47 Å². The van der Waals surface area contributed by atoms with Gasteiger partial charge >= 0.3 is 0 Å². The molecule has 1 atom stereocenters. The van der Waals surface area contributed by atoms with Gasteiger partial charge in [0.2, 0.25) is 5.91 Å². The minimum absolute atomic E-state index is 0.156. The van der Waals surface area contributed by atoms with E-state index in [-0.39, 0.29) is 11.8 Å². The molecule has 1 heterocycles. The van der Waals surface area contributed by atoms with Crippen molar-refractivity contribution in [2.24, 2.45) is 0 Å². The molecule has 4 nitrogen and oxygen atoms in total. The Morgan fingerprint density at radius 2 is 1.92 bits per heavy atom. The third kappa shape index (κ3) is 3.38. The summed E-state index contributed by atoms with van der Waals surface area (Å²) in [6, 6.07) is 11.9. The van der Waals surface area contributed by atoms with Crippen LogP contribution in [0.2, 0.25) is 0 Å². The summed E-state index contributed by atoms with van der Waals surface area (Å²) in [5.74, 6) is 1.41. The molecule has 0 saturated heterocycles. The van der Waals surface area contributed by atoms with Gasteiger partial charge in [-0.05, 0) is 61.7 Å². The summed E-state index contributed by atoms with van der Waals surface area (Å²) in [5, 5.41) is 0. The molecule has 3 rings (SSSR count). The topological polar surface area (TPSA) is 38.8 Å². The van der Waals surface area contributed by atoms with Gasteiger partial charge in [0.25, 0.3) is 0 Å². The maximum absolute atomic E-state index is 12.9. The number of amides is 1. The second-order valence-electron chi connectivity index (χ2n) is 5.96.